The van der Waals surface area contributed by atoms with E-state index in [2.05, 4.69) is 9.34 Å². The molecule has 68 valence electrons. The molecule has 0 aromatic rings. The van der Waals surface area contributed by atoms with Crippen molar-refractivity contribution in [3.63, 3.8) is 0 Å². The molecule has 0 aromatic heterocycles. The minimum absolute atomic E-state index is 1.01. The van der Waals surface area contributed by atoms with Gasteiger partial charge in [-0.2, -0.15) is 0 Å². The molecular weight excluding hydrogens is 171 g/mol. The average molecular weight is 186 g/mol. The highest BCUT2D eigenvalue weighted by atomic mass is 31.2. The van der Waals surface area contributed by atoms with Crippen molar-refractivity contribution in [2.75, 3.05) is 26.2 Å². The van der Waals surface area contributed by atoms with E-state index >= 15 is 0 Å². The second-order valence-electron chi connectivity index (χ2n) is 3.70. The maximum Gasteiger partial charge on any atom is 0.238 e. The average Bonchev–Trinajstić information content (AvgIpc) is 2.82. The lowest BCUT2D eigenvalue weighted by molar-refractivity contribution is 0.528. The van der Waals surface area contributed by atoms with E-state index in [1.807, 2.05) is 19.7 Å². The molecule has 2 fully saturated rings. The van der Waals surface area contributed by atoms with Gasteiger partial charge in [0.05, 0.1) is 0 Å². The van der Waals surface area contributed by atoms with E-state index in [9.17, 15) is 4.57 Å². The van der Waals surface area contributed by atoms with Crippen LogP contribution in [0.25, 0.3) is 0 Å². The van der Waals surface area contributed by atoms with Crippen LogP contribution in [0, 0.1) is 0 Å². The fraction of sp³-hybridized carbons (Fsp3) is 0.750. The molecule has 0 bridgehead atoms. The Morgan fingerprint density at radius 2 is 1.58 bits per heavy atom. The van der Waals surface area contributed by atoms with Gasteiger partial charge in [-0.3, -0.25) is 4.57 Å². The summed E-state index contributed by atoms with van der Waals surface area (Å²) in [7, 11) is -2.19. The van der Waals surface area contributed by atoms with Crippen molar-refractivity contribution >= 4 is 7.44 Å². The van der Waals surface area contributed by atoms with Crippen molar-refractivity contribution in [2.24, 2.45) is 0 Å². The molecule has 2 aliphatic rings. The molecule has 0 N–H and O–H groups in total. The van der Waals surface area contributed by atoms with Gasteiger partial charge in [-0.25, -0.2) is 9.34 Å². The monoisotopic (exact) mass is 186 g/mol. The van der Waals surface area contributed by atoms with Gasteiger partial charge in [-0.05, 0) is 13.8 Å². The van der Waals surface area contributed by atoms with Gasteiger partial charge >= 0.3 is 0 Å². The quantitative estimate of drug-likeness (QED) is 0.495. The van der Waals surface area contributed by atoms with Crippen LogP contribution in [0.3, 0.4) is 0 Å². The van der Waals surface area contributed by atoms with Crippen LogP contribution in [-0.4, -0.2) is 35.5 Å². The molecule has 0 aliphatic carbocycles. The highest BCUT2D eigenvalue weighted by Crippen LogP contribution is 2.61. The lowest BCUT2D eigenvalue weighted by atomic mass is 10.4. The molecule has 3 nitrogen and oxygen atoms in total. The molecule has 2 aliphatic heterocycles. The highest BCUT2D eigenvalue weighted by Gasteiger charge is 2.45. The molecule has 4 heteroatoms. The third-order valence-corrected chi connectivity index (χ3v) is 5.36. The molecule has 2 saturated heterocycles. The SMILES string of the molecule is CC(C)=CP(=O)(N1CC1)N1CC1. The van der Waals surface area contributed by atoms with Gasteiger partial charge in [-0.15, -0.1) is 0 Å². The van der Waals surface area contributed by atoms with Crippen LogP contribution in [0.2, 0.25) is 0 Å². The second-order valence-corrected chi connectivity index (χ2v) is 6.27. The normalized spacial score (nSPS) is 23.8. The van der Waals surface area contributed by atoms with Crippen molar-refractivity contribution < 1.29 is 4.57 Å². The highest BCUT2D eigenvalue weighted by molar-refractivity contribution is 7.62. The summed E-state index contributed by atoms with van der Waals surface area (Å²) >= 11 is 0. The topological polar surface area (TPSA) is 23.1 Å². The van der Waals surface area contributed by atoms with Gasteiger partial charge in [0, 0.05) is 32.0 Å². The summed E-state index contributed by atoms with van der Waals surface area (Å²) < 4.78 is 16.5. The standard InChI is InChI=1S/C8H15N2OP/c1-8(2)7-12(11,9-3-4-9)10-5-6-10/h7H,3-6H2,1-2H3. The number of hydrogen-bond donors (Lipinski definition) is 0. The number of allylic oxidation sites excluding steroid dienone is 1. The van der Waals surface area contributed by atoms with E-state index in [0.717, 1.165) is 31.8 Å². The summed E-state index contributed by atoms with van der Waals surface area (Å²) in [5.41, 5.74) is 1.16. The first kappa shape index (κ1) is 8.49. The molecule has 0 spiro atoms. The molecule has 0 saturated carbocycles. The van der Waals surface area contributed by atoms with E-state index in [-0.39, 0.29) is 0 Å². The summed E-state index contributed by atoms with van der Waals surface area (Å²) in [6, 6.07) is 0. The molecular formula is C8H15N2OP. The fourth-order valence-corrected chi connectivity index (χ4v) is 4.02. The zero-order valence-corrected chi connectivity index (χ0v) is 8.55. The van der Waals surface area contributed by atoms with Crippen molar-refractivity contribution in [2.45, 2.75) is 13.8 Å². The van der Waals surface area contributed by atoms with Crippen molar-refractivity contribution in [3.8, 4) is 0 Å². The van der Waals surface area contributed by atoms with Crippen LogP contribution in [0.15, 0.2) is 11.4 Å². The van der Waals surface area contributed by atoms with Gasteiger partial charge in [-0.1, -0.05) is 5.57 Å². The fourth-order valence-electron chi connectivity index (χ4n) is 1.34. The Bertz CT molecular complexity index is 246. The van der Waals surface area contributed by atoms with Crippen LogP contribution in [-0.2, 0) is 4.57 Å². The minimum Gasteiger partial charge on any atom is -0.284 e. The summed E-state index contributed by atoms with van der Waals surface area (Å²) in [6.45, 7) is 8.07. The van der Waals surface area contributed by atoms with Gasteiger partial charge in [0.15, 0.2) is 0 Å². The Morgan fingerprint density at radius 1 is 1.17 bits per heavy atom. The van der Waals surface area contributed by atoms with Crippen molar-refractivity contribution in [1.29, 1.82) is 0 Å². The maximum atomic E-state index is 12.3. The minimum atomic E-state index is -2.19. The summed E-state index contributed by atoms with van der Waals surface area (Å²) in [5, 5.41) is 0. The van der Waals surface area contributed by atoms with Gasteiger partial charge in [0.25, 0.3) is 0 Å². The predicted molar refractivity (Wildman–Crippen MR) is 50.2 cm³/mol. The molecule has 12 heavy (non-hydrogen) atoms. The molecule has 0 atom stereocenters. The van der Waals surface area contributed by atoms with Crippen LogP contribution < -0.4 is 0 Å². The Hall–Kier alpha value is -0.110. The third kappa shape index (κ3) is 1.49. The van der Waals surface area contributed by atoms with E-state index in [1.54, 1.807) is 0 Å². The Balaban J connectivity index is 2.20. The van der Waals surface area contributed by atoms with Crippen LogP contribution in [0.5, 0.6) is 0 Å². The van der Waals surface area contributed by atoms with Crippen LogP contribution in [0.1, 0.15) is 13.8 Å². The second kappa shape index (κ2) is 2.69. The zero-order chi connectivity index (χ0) is 8.77. The molecule has 2 heterocycles. The molecule has 2 rings (SSSR count). The van der Waals surface area contributed by atoms with Gasteiger partial charge in [0.2, 0.25) is 7.44 Å². The van der Waals surface area contributed by atoms with E-state index < -0.39 is 7.44 Å². The zero-order valence-electron chi connectivity index (χ0n) is 7.66. The van der Waals surface area contributed by atoms with E-state index in [4.69, 9.17) is 0 Å². The lowest BCUT2D eigenvalue weighted by Gasteiger charge is -2.16. The number of rotatable bonds is 3. The molecule has 0 aromatic carbocycles. The first-order valence-electron chi connectivity index (χ1n) is 4.39. The number of hydrogen-bond acceptors (Lipinski definition) is 1. The molecule has 0 unspecified atom stereocenters. The third-order valence-electron chi connectivity index (χ3n) is 2.08. The maximum absolute atomic E-state index is 12.3. The lowest BCUT2D eigenvalue weighted by Crippen LogP contribution is -2.01. The Labute approximate surface area is 73.5 Å². The summed E-state index contributed by atoms with van der Waals surface area (Å²) in [5.74, 6) is 1.95. The van der Waals surface area contributed by atoms with Gasteiger partial charge in [0.1, 0.15) is 0 Å². The number of nitrogens with zero attached hydrogens (tertiary/aromatic N) is 2. The van der Waals surface area contributed by atoms with Crippen LogP contribution in [0.4, 0.5) is 0 Å². The predicted octanol–water partition coefficient (Wildman–Crippen LogP) is 1.73. The van der Waals surface area contributed by atoms with Crippen LogP contribution >= 0.6 is 7.44 Å². The Kier molecular flexibility index (Phi) is 1.90. The molecule has 0 radical (unpaired) electrons. The summed E-state index contributed by atoms with van der Waals surface area (Å²) in [6.07, 6.45) is 0. The summed E-state index contributed by atoms with van der Waals surface area (Å²) in [4.78, 5) is 0. The first-order chi connectivity index (χ1) is 5.63. The van der Waals surface area contributed by atoms with Crippen molar-refractivity contribution in [1.82, 2.24) is 9.34 Å². The van der Waals surface area contributed by atoms with Crippen molar-refractivity contribution in [3.05, 3.63) is 11.4 Å². The smallest absolute Gasteiger partial charge is 0.238 e. The van der Waals surface area contributed by atoms with E-state index in [0.29, 0.717) is 0 Å². The first-order valence-corrected chi connectivity index (χ1v) is 6.08. The molecule has 0 amide bonds. The van der Waals surface area contributed by atoms with Gasteiger partial charge < -0.3 is 0 Å². The largest absolute Gasteiger partial charge is 0.284 e. The Morgan fingerprint density at radius 3 is 1.83 bits per heavy atom. The van der Waals surface area contributed by atoms with E-state index in [1.165, 1.54) is 0 Å².